The van der Waals surface area contributed by atoms with Crippen molar-refractivity contribution < 1.29 is 8.42 Å². The summed E-state index contributed by atoms with van der Waals surface area (Å²) in [6.45, 7) is 2.72. The lowest BCUT2D eigenvalue weighted by atomic mass is 10.0. The summed E-state index contributed by atoms with van der Waals surface area (Å²) in [4.78, 5) is 0. The Bertz CT molecular complexity index is 478. The summed E-state index contributed by atoms with van der Waals surface area (Å²) in [6.07, 6.45) is 4.74. The topological polar surface area (TPSA) is 51.1 Å². The Kier molecular flexibility index (Phi) is 2.84. The number of hydrogen-bond donors (Lipinski definition) is 1. The smallest absolute Gasteiger partial charge is 0.152 e. The maximum atomic E-state index is 11.4. The third-order valence-electron chi connectivity index (χ3n) is 3.12. The van der Waals surface area contributed by atoms with Crippen LogP contribution in [0.1, 0.15) is 18.9 Å². The lowest BCUT2D eigenvalue weighted by molar-refractivity contribution is 0.395. The zero-order valence-electron chi connectivity index (χ0n) is 9.73. The Morgan fingerprint density at radius 1 is 1.56 bits per heavy atom. The second-order valence-corrected chi connectivity index (χ2v) is 7.13. The molecule has 16 heavy (non-hydrogen) atoms. The first-order chi connectivity index (χ1) is 7.39. The molecular formula is C11H18N2O2S. The normalized spacial score (nSPS) is 28.4. The molecule has 0 amide bonds. The van der Waals surface area contributed by atoms with E-state index in [-0.39, 0.29) is 11.3 Å². The van der Waals surface area contributed by atoms with Crippen LogP contribution < -0.4 is 5.32 Å². The SMILES string of the molecule is Cn1ccc(CNC2(C)CCS(=O)(=O)C2)c1. The lowest BCUT2D eigenvalue weighted by Crippen LogP contribution is -2.42. The molecule has 4 nitrogen and oxygen atoms in total. The first kappa shape index (κ1) is 11.7. The van der Waals surface area contributed by atoms with Crippen molar-refractivity contribution in [1.29, 1.82) is 0 Å². The number of aromatic nitrogens is 1. The second kappa shape index (κ2) is 3.89. The Morgan fingerprint density at radius 2 is 2.31 bits per heavy atom. The van der Waals surface area contributed by atoms with Crippen molar-refractivity contribution in [3.05, 3.63) is 24.0 Å². The summed E-state index contributed by atoms with van der Waals surface area (Å²) in [5.74, 6) is 0.568. The van der Waals surface area contributed by atoms with Crippen LogP contribution in [0.3, 0.4) is 0 Å². The molecular weight excluding hydrogens is 224 g/mol. The highest BCUT2D eigenvalue weighted by Crippen LogP contribution is 2.23. The minimum atomic E-state index is -2.82. The van der Waals surface area contributed by atoms with Crippen LogP contribution in [-0.2, 0) is 23.4 Å². The van der Waals surface area contributed by atoms with Gasteiger partial charge in [0.15, 0.2) is 9.84 Å². The Morgan fingerprint density at radius 3 is 2.81 bits per heavy atom. The molecule has 1 saturated heterocycles. The van der Waals surface area contributed by atoms with E-state index < -0.39 is 9.84 Å². The third kappa shape index (κ3) is 2.65. The quantitative estimate of drug-likeness (QED) is 0.848. The number of nitrogens with one attached hydrogen (secondary N) is 1. The molecule has 0 radical (unpaired) electrons. The van der Waals surface area contributed by atoms with Crippen LogP contribution in [0.4, 0.5) is 0 Å². The minimum absolute atomic E-state index is 0.255. The Hall–Kier alpha value is -0.810. The van der Waals surface area contributed by atoms with Crippen LogP contribution in [0.25, 0.3) is 0 Å². The average molecular weight is 242 g/mol. The third-order valence-corrected chi connectivity index (χ3v) is 5.02. The molecule has 0 aromatic carbocycles. The van der Waals surface area contributed by atoms with Crippen LogP contribution in [-0.4, -0.2) is 30.0 Å². The molecule has 1 aliphatic rings. The van der Waals surface area contributed by atoms with Crippen molar-refractivity contribution in [1.82, 2.24) is 9.88 Å². The van der Waals surface area contributed by atoms with Gasteiger partial charge in [-0.25, -0.2) is 8.42 Å². The molecule has 1 aromatic heterocycles. The predicted octanol–water partition coefficient (Wildman–Crippen LogP) is 0.692. The molecule has 5 heteroatoms. The number of rotatable bonds is 3. The summed E-state index contributed by atoms with van der Waals surface area (Å²) in [6, 6.07) is 2.04. The van der Waals surface area contributed by atoms with E-state index in [1.165, 1.54) is 5.56 Å². The van der Waals surface area contributed by atoms with Gasteiger partial charge >= 0.3 is 0 Å². The highest BCUT2D eigenvalue weighted by Gasteiger charge is 2.37. The van der Waals surface area contributed by atoms with Crippen molar-refractivity contribution in [2.45, 2.75) is 25.4 Å². The molecule has 1 fully saturated rings. The van der Waals surface area contributed by atoms with E-state index >= 15 is 0 Å². The van der Waals surface area contributed by atoms with E-state index in [4.69, 9.17) is 0 Å². The van der Waals surface area contributed by atoms with Crippen molar-refractivity contribution in [3.8, 4) is 0 Å². The van der Waals surface area contributed by atoms with E-state index in [2.05, 4.69) is 5.32 Å². The molecule has 1 unspecified atom stereocenters. The van der Waals surface area contributed by atoms with Crippen LogP contribution in [0.15, 0.2) is 18.5 Å². The second-order valence-electron chi connectivity index (χ2n) is 4.94. The van der Waals surface area contributed by atoms with E-state index in [1.807, 2.05) is 37.0 Å². The van der Waals surface area contributed by atoms with Gasteiger partial charge in [0.25, 0.3) is 0 Å². The summed E-state index contributed by atoms with van der Waals surface area (Å²) in [7, 11) is -0.843. The number of nitrogens with zero attached hydrogens (tertiary/aromatic N) is 1. The van der Waals surface area contributed by atoms with Gasteiger partial charge in [0, 0.05) is 31.5 Å². The van der Waals surface area contributed by atoms with Crippen molar-refractivity contribution >= 4 is 9.84 Å². The zero-order valence-corrected chi connectivity index (χ0v) is 10.5. The van der Waals surface area contributed by atoms with Gasteiger partial charge < -0.3 is 9.88 Å². The molecule has 0 bridgehead atoms. The lowest BCUT2D eigenvalue weighted by Gasteiger charge is -2.23. The van der Waals surface area contributed by atoms with Gasteiger partial charge in [0.05, 0.1) is 11.5 Å². The first-order valence-corrected chi connectivity index (χ1v) is 7.27. The van der Waals surface area contributed by atoms with Crippen LogP contribution in [0.5, 0.6) is 0 Å². The van der Waals surface area contributed by atoms with E-state index in [9.17, 15) is 8.42 Å². The molecule has 1 atom stereocenters. The summed E-state index contributed by atoms with van der Waals surface area (Å²) >= 11 is 0. The number of aryl methyl sites for hydroxylation is 1. The summed E-state index contributed by atoms with van der Waals surface area (Å²) in [5.41, 5.74) is 0.933. The Labute approximate surface area is 96.6 Å². The minimum Gasteiger partial charge on any atom is -0.357 e. The van der Waals surface area contributed by atoms with Crippen molar-refractivity contribution in [2.75, 3.05) is 11.5 Å². The van der Waals surface area contributed by atoms with Crippen molar-refractivity contribution in [3.63, 3.8) is 0 Å². The molecule has 90 valence electrons. The monoisotopic (exact) mass is 242 g/mol. The summed E-state index contributed by atoms with van der Waals surface area (Å²) in [5, 5.41) is 3.35. The van der Waals surface area contributed by atoms with Crippen LogP contribution in [0.2, 0.25) is 0 Å². The van der Waals surface area contributed by atoms with Gasteiger partial charge in [0.1, 0.15) is 0 Å². The first-order valence-electron chi connectivity index (χ1n) is 5.45. The molecule has 0 aliphatic carbocycles. The van der Waals surface area contributed by atoms with E-state index in [1.54, 1.807) is 0 Å². The molecule has 2 rings (SSSR count). The standard InChI is InChI=1S/C11H18N2O2S/c1-11(4-6-16(14,15)9-11)12-7-10-3-5-13(2)8-10/h3,5,8,12H,4,6-7,9H2,1-2H3. The van der Waals surface area contributed by atoms with Crippen LogP contribution in [0, 0.1) is 0 Å². The maximum absolute atomic E-state index is 11.4. The molecule has 0 saturated carbocycles. The van der Waals surface area contributed by atoms with Gasteiger partial charge in [-0.3, -0.25) is 0 Å². The fourth-order valence-corrected chi connectivity index (χ4v) is 4.25. The molecule has 2 heterocycles. The zero-order chi connectivity index (χ0) is 11.8. The average Bonchev–Trinajstić information content (AvgIpc) is 2.69. The van der Waals surface area contributed by atoms with Gasteiger partial charge in [-0.15, -0.1) is 0 Å². The maximum Gasteiger partial charge on any atom is 0.152 e. The largest absolute Gasteiger partial charge is 0.357 e. The summed E-state index contributed by atoms with van der Waals surface area (Å²) < 4.78 is 24.8. The molecule has 1 aromatic rings. The number of sulfone groups is 1. The number of hydrogen-bond acceptors (Lipinski definition) is 3. The van der Waals surface area contributed by atoms with Crippen molar-refractivity contribution in [2.24, 2.45) is 7.05 Å². The van der Waals surface area contributed by atoms with Gasteiger partial charge in [-0.1, -0.05) is 0 Å². The molecule has 1 N–H and O–H groups in total. The predicted molar refractivity (Wildman–Crippen MR) is 63.9 cm³/mol. The highest BCUT2D eigenvalue weighted by atomic mass is 32.2. The Balaban J connectivity index is 1.96. The fourth-order valence-electron chi connectivity index (χ4n) is 2.13. The van der Waals surface area contributed by atoms with Crippen LogP contribution >= 0.6 is 0 Å². The molecule has 1 aliphatic heterocycles. The van der Waals surface area contributed by atoms with E-state index in [0.29, 0.717) is 12.2 Å². The molecule has 0 spiro atoms. The van der Waals surface area contributed by atoms with Gasteiger partial charge in [0.2, 0.25) is 0 Å². The fraction of sp³-hybridized carbons (Fsp3) is 0.636. The highest BCUT2D eigenvalue weighted by molar-refractivity contribution is 7.91. The van der Waals surface area contributed by atoms with E-state index in [0.717, 1.165) is 6.54 Å². The van der Waals surface area contributed by atoms with Gasteiger partial charge in [-0.05, 0) is 25.0 Å². The van der Waals surface area contributed by atoms with Gasteiger partial charge in [-0.2, -0.15) is 0 Å².